The fourth-order valence-electron chi connectivity index (χ4n) is 4.84. The highest BCUT2D eigenvalue weighted by atomic mass is 35.5. The van der Waals surface area contributed by atoms with E-state index in [1.54, 1.807) is 12.1 Å². The molecule has 3 heteroatoms. The van der Waals surface area contributed by atoms with Crippen LogP contribution in [0, 0.1) is 0 Å². The van der Waals surface area contributed by atoms with Crippen LogP contribution in [0.25, 0.3) is 21.5 Å². The quantitative estimate of drug-likeness (QED) is 0.284. The van der Waals surface area contributed by atoms with Gasteiger partial charge in [-0.25, -0.2) is 0 Å². The zero-order valence-corrected chi connectivity index (χ0v) is 18.7. The average Bonchev–Trinajstić information content (AvgIpc) is 2.85. The minimum Gasteiger partial charge on any atom is -0.481 e. The first-order valence-corrected chi connectivity index (χ1v) is 11.4. The molecule has 0 heterocycles. The first-order valence-electron chi connectivity index (χ1n) is 11.1. The Kier molecular flexibility index (Phi) is 5.85. The number of carbonyl (C=O) groups is 1. The van der Waals surface area contributed by atoms with E-state index in [0.717, 1.165) is 38.2 Å². The van der Waals surface area contributed by atoms with Crippen LogP contribution in [0.3, 0.4) is 0 Å². The Morgan fingerprint density at radius 3 is 1.67 bits per heavy atom. The number of fused-ring (bicyclic) bond motifs is 2. The van der Waals surface area contributed by atoms with E-state index in [1.807, 2.05) is 36.4 Å². The lowest BCUT2D eigenvalue weighted by Crippen LogP contribution is -2.16. The molecule has 1 N–H and O–H groups in total. The zero-order chi connectivity index (χ0) is 22.8. The average molecular weight is 451 g/mol. The van der Waals surface area contributed by atoms with E-state index in [-0.39, 0.29) is 5.92 Å². The van der Waals surface area contributed by atoms with Crippen LogP contribution in [0.1, 0.15) is 34.9 Å². The molecular weight excluding hydrogens is 428 g/mol. The van der Waals surface area contributed by atoms with Gasteiger partial charge >= 0.3 is 5.97 Å². The molecule has 5 rings (SSSR count). The van der Waals surface area contributed by atoms with Crippen molar-refractivity contribution >= 4 is 39.1 Å². The van der Waals surface area contributed by atoms with Crippen LogP contribution in [0.5, 0.6) is 0 Å². The Morgan fingerprint density at radius 2 is 1.15 bits per heavy atom. The number of carboxylic acid groups (broad SMARTS) is 1. The molecule has 0 aromatic heterocycles. The molecule has 0 aliphatic heterocycles. The molecule has 162 valence electrons. The Labute approximate surface area is 198 Å². The molecule has 1 unspecified atom stereocenters. The predicted molar refractivity (Wildman–Crippen MR) is 136 cm³/mol. The Balaban J connectivity index is 1.72. The second-order valence-corrected chi connectivity index (χ2v) is 8.80. The number of benzene rings is 5. The molecular formula is C30H23ClO2. The highest BCUT2D eigenvalue weighted by Crippen LogP contribution is 2.41. The Bertz CT molecular complexity index is 1350. The highest BCUT2D eigenvalue weighted by Gasteiger charge is 2.28. The minimum absolute atomic E-state index is 0.0982. The number of halogens is 1. The fraction of sp³-hybridized carbons (Fsp3) is 0.100. The number of carboxylic acids is 1. The van der Waals surface area contributed by atoms with E-state index in [1.165, 1.54) is 0 Å². The molecule has 2 nitrogen and oxygen atoms in total. The molecule has 0 aliphatic carbocycles. The van der Waals surface area contributed by atoms with E-state index < -0.39 is 11.9 Å². The summed E-state index contributed by atoms with van der Waals surface area (Å²) in [5.74, 6) is -1.59. The Morgan fingerprint density at radius 1 is 0.667 bits per heavy atom. The molecule has 0 spiro atoms. The summed E-state index contributed by atoms with van der Waals surface area (Å²) in [6.45, 7) is 0. The normalized spacial score (nSPS) is 12.3. The molecule has 5 aromatic rings. The first kappa shape index (κ1) is 21.2. The summed E-state index contributed by atoms with van der Waals surface area (Å²) in [4.78, 5) is 12.5. The number of rotatable bonds is 6. The van der Waals surface area contributed by atoms with Gasteiger partial charge in [0.2, 0.25) is 0 Å². The van der Waals surface area contributed by atoms with Crippen LogP contribution in [-0.4, -0.2) is 11.1 Å². The maximum Gasteiger partial charge on any atom is 0.311 e. The van der Waals surface area contributed by atoms with Crippen molar-refractivity contribution in [3.63, 3.8) is 0 Å². The van der Waals surface area contributed by atoms with Gasteiger partial charge in [0.05, 0.1) is 5.92 Å². The standard InChI is InChI=1S/C30H23ClO2/c31-23-17-15-22(16-18-23)28(30(32)33)19-29(26-13-5-9-20-7-1-3-11-24(20)26)27-14-6-10-21-8-2-4-12-25(21)27/h1-18,28-29H,19H2,(H,32,33). The van der Waals surface area contributed by atoms with Crippen molar-refractivity contribution < 1.29 is 9.90 Å². The molecule has 0 aliphatic rings. The third-order valence-electron chi connectivity index (χ3n) is 6.44. The van der Waals surface area contributed by atoms with Crippen LogP contribution >= 0.6 is 11.6 Å². The fourth-order valence-corrected chi connectivity index (χ4v) is 4.97. The largest absolute Gasteiger partial charge is 0.481 e. The van der Waals surface area contributed by atoms with Gasteiger partial charge in [0.25, 0.3) is 0 Å². The molecule has 33 heavy (non-hydrogen) atoms. The maximum absolute atomic E-state index is 12.5. The Hall–Kier alpha value is -3.62. The topological polar surface area (TPSA) is 37.3 Å². The van der Waals surface area contributed by atoms with Crippen molar-refractivity contribution in [2.75, 3.05) is 0 Å². The van der Waals surface area contributed by atoms with Gasteiger partial charge in [-0.1, -0.05) is 109 Å². The van der Waals surface area contributed by atoms with E-state index >= 15 is 0 Å². The molecule has 0 amide bonds. The summed E-state index contributed by atoms with van der Waals surface area (Å²) >= 11 is 6.08. The van der Waals surface area contributed by atoms with Crippen LogP contribution in [0.15, 0.2) is 109 Å². The van der Waals surface area contributed by atoms with Crippen molar-refractivity contribution in [3.8, 4) is 0 Å². The van der Waals surface area contributed by atoms with Gasteiger partial charge in [0.1, 0.15) is 0 Å². The number of aliphatic carboxylic acids is 1. The van der Waals surface area contributed by atoms with E-state index in [4.69, 9.17) is 11.6 Å². The molecule has 0 saturated carbocycles. The summed E-state index contributed by atoms with van der Waals surface area (Å²) in [7, 11) is 0. The van der Waals surface area contributed by atoms with Gasteiger partial charge in [-0.15, -0.1) is 0 Å². The van der Waals surface area contributed by atoms with Gasteiger partial charge < -0.3 is 5.11 Å². The summed E-state index contributed by atoms with van der Waals surface area (Å²) in [6.07, 6.45) is 0.443. The molecule has 5 aromatic carbocycles. The lowest BCUT2D eigenvalue weighted by molar-refractivity contribution is -0.139. The summed E-state index contributed by atoms with van der Waals surface area (Å²) in [6, 6.07) is 36.4. The van der Waals surface area contributed by atoms with Crippen molar-refractivity contribution in [3.05, 3.63) is 131 Å². The summed E-state index contributed by atoms with van der Waals surface area (Å²) in [5.41, 5.74) is 3.05. The second kappa shape index (κ2) is 9.09. The molecule has 0 fully saturated rings. The van der Waals surface area contributed by atoms with Gasteiger partial charge in [0, 0.05) is 10.9 Å². The van der Waals surface area contributed by atoms with Gasteiger partial charge in [-0.2, -0.15) is 0 Å². The van der Waals surface area contributed by atoms with E-state index in [0.29, 0.717) is 11.4 Å². The van der Waals surface area contributed by atoms with E-state index in [9.17, 15) is 9.90 Å². The van der Waals surface area contributed by atoms with Crippen LogP contribution < -0.4 is 0 Å². The molecule has 0 bridgehead atoms. The first-order chi connectivity index (χ1) is 16.1. The van der Waals surface area contributed by atoms with E-state index in [2.05, 4.69) is 60.7 Å². The molecule has 1 atom stereocenters. The van der Waals surface area contributed by atoms with Crippen molar-refractivity contribution in [2.24, 2.45) is 0 Å². The SMILES string of the molecule is O=C(O)C(CC(c1cccc2ccccc12)c1cccc2ccccc12)c1ccc(Cl)cc1. The lowest BCUT2D eigenvalue weighted by atomic mass is 9.78. The van der Waals surface area contributed by atoms with Crippen LogP contribution in [-0.2, 0) is 4.79 Å². The smallest absolute Gasteiger partial charge is 0.311 e. The molecule has 0 radical (unpaired) electrons. The molecule has 0 saturated heterocycles. The number of hydrogen-bond acceptors (Lipinski definition) is 1. The van der Waals surface area contributed by atoms with Gasteiger partial charge in [-0.05, 0) is 56.8 Å². The highest BCUT2D eigenvalue weighted by molar-refractivity contribution is 6.30. The predicted octanol–water partition coefficient (Wildman–Crippen LogP) is 8.04. The third-order valence-corrected chi connectivity index (χ3v) is 6.69. The van der Waals surface area contributed by atoms with Crippen molar-refractivity contribution in [1.29, 1.82) is 0 Å². The summed E-state index contributed by atoms with van der Waals surface area (Å²) in [5, 5.41) is 15.4. The minimum atomic E-state index is -0.831. The van der Waals surface area contributed by atoms with Crippen LogP contribution in [0.2, 0.25) is 5.02 Å². The third kappa shape index (κ3) is 4.22. The van der Waals surface area contributed by atoms with Crippen molar-refractivity contribution in [1.82, 2.24) is 0 Å². The zero-order valence-electron chi connectivity index (χ0n) is 18.0. The monoisotopic (exact) mass is 450 g/mol. The summed E-state index contributed by atoms with van der Waals surface area (Å²) < 4.78 is 0. The lowest BCUT2D eigenvalue weighted by Gasteiger charge is -2.25. The van der Waals surface area contributed by atoms with Gasteiger partial charge in [-0.3, -0.25) is 4.79 Å². The second-order valence-electron chi connectivity index (χ2n) is 8.37. The maximum atomic E-state index is 12.5. The number of hydrogen-bond donors (Lipinski definition) is 1. The van der Waals surface area contributed by atoms with Gasteiger partial charge in [0.15, 0.2) is 0 Å². The van der Waals surface area contributed by atoms with Crippen molar-refractivity contribution in [2.45, 2.75) is 18.3 Å². The van der Waals surface area contributed by atoms with Crippen LogP contribution in [0.4, 0.5) is 0 Å².